The number of benzene rings is 2. The Hall–Kier alpha value is -2.31. The van der Waals surface area contributed by atoms with Crippen molar-refractivity contribution in [2.24, 2.45) is 0 Å². The molecule has 0 aliphatic heterocycles. The van der Waals surface area contributed by atoms with Crippen molar-refractivity contribution in [1.82, 2.24) is 4.98 Å². The quantitative estimate of drug-likeness (QED) is 0.340. The number of carbonyl (C=O) groups is 1. The van der Waals surface area contributed by atoms with Crippen molar-refractivity contribution in [3.05, 3.63) is 92.1 Å². The van der Waals surface area contributed by atoms with Gasteiger partial charge in [0, 0.05) is 28.1 Å². The average Bonchev–Trinajstić information content (AvgIpc) is 3.35. The molecule has 0 fully saturated rings. The molecule has 0 saturated heterocycles. The molecule has 4 nitrogen and oxygen atoms in total. The van der Waals surface area contributed by atoms with Crippen LogP contribution in [0.1, 0.15) is 21.0 Å². The number of halogens is 3. The molecule has 0 spiro atoms. The molecule has 0 aliphatic rings. The SMILES string of the molecule is O=C(Nc1ncc(Cc2ccc(Cl)c(Cl)c2)s1)c1ccc(-c2ccc(Cl)cc2)o1. The molecule has 0 bridgehead atoms. The van der Waals surface area contributed by atoms with Gasteiger partial charge in [-0.05, 0) is 54.1 Å². The van der Waals surface area contributed by atoms with Crippen molar-refractivity contribution in [2.45, 2.75) is 6.42 Å². The number of nitrogens with one attached hydrogen (secondary N) is 1. The molecule has 8 heteroatoms. The number of hydrogen-bond donors (Lipinski definition) is 1. The van der Waals surface area contributed by atoms with E-state index in [4.69, 9.17) is 39.2 Å². The maximum absolute atomic E-state index is 12.5. The number of thiazole rings is 1. The van der Waals surface area contributed by atoms with E-state index in [2.05, 4.69) is 10.3 Å². The third kappa shape index (κ3) is 4.82. The molecule has 2 aromatic heterocycles. The molecule has 0 aliphatic carbocycles. The Morgan fingerprint density at radius 2 is 1.79 bits per heavy atom. The molecule has 0 unspecified atom stereocenters. The van der Waals surface area contributed by atoms with Crippen LogP contribution in [-0.2, 0) is 6.42 Å². The summed E-state index contributed by atoms with van der Waals surface area (Å²) in [6, 6.07) is 16.1. The summed E-state index contributed by atoms with van der Waals surface area (Å²) >= 11 is 19.3. The summed E-state index contributed by atoms with van der Waals surface area (Å²) in [5, 5.41) is 4.93. The number of aromatic nitrogens is 1. The van der Waals surface area contributed by atoms with Crippen LogP contribution in [0.5, 0.6) is 0 Å². The van der Waals surface area contributed by atoms with E-state index >= 15 is 0 Å². The zero-order valence-corrected chi connectivity index (χ0v) is 17.9. The van der Waals surface area contributed by atoms with Crippen molar-refractivity contribution < 1.29 is 9.21 Å². The number of amides is 1. The van der Waals surface area contributed by atoms with Gasteiger partial charge in [0.2, 0.25) is 0 Å². The maximum atomic E-state index is 12.5. The highest BCUT2D eigenvalue weighted by Gasteiger charge is 2.14. The number of hydrogen-bond acceptors (Lipinski definition) is 4. The number of anilines is 1. The van der Waals surface area contributed by atoms with Crippen LogP contribution in [-0.4, -0.2) is 10.9 Å². The molecule has 2 aromatic carbocycles. The Balaban J connectivity index is 1.42. The van der Waals surface area contributed by atoms with E-state index in [0.29, 0.717) is 32.4 Å². The van der Waals surface area contributed by atoms with Crippen LogP contribution in [0.4, 0.5) is 5.13 Å². The molecule has 2 heterocycles. The lowest BCUT2D eigenvalue weighted by molar-refractivity contribution is 0.0997. The molecule has 146 valence electrons. The van der Waals surface area contributed by atoms with E-state index in [1.807, 2.05) is 24.3 Å². The standard InChI is InChI=1S/C21H13Cl3N2O2S/c22-14-4-2-13(3-5-14)18-7-8-19(28-18)20(27)26-21-25-11-15(29-21)9-12-1-6-16(23)17(24)10-12/h1-8,10-11H,9H2,(H,25,26,27). The highest BCUT2D eigenvalue weighted by molar-refractivity contribution is 7.15. The summed E-state index contributed by atoms with van der Waals surface area (Å²) in [7, 11) is 0. The maximum Gasteiger partial charge on any atom is 0.293 e. The first kappa shape index (κ1) is 20.0. The molecule has 29 heavy (non-hydrogen) atoms. The highest BCUT2D eigenvalue weighted by atomic mass is 35.5. The number of nitrogens with zero attached hydrogens (tertiary/aromatic N) is 1. The van der Waals surface area contributed by atoms with Gasteiger partial charge in [-0.3, -0.25) is 10.1 Å². The molecule has 1 amide bonds. The van der Waals surface area contributed by atoms with Crippen LogP contribution in [0.25, 0.3) is 11.3 Å². The third-order valence-corrected chi connectivity index (χ3v) is 6.00. The second-order valence-corrected chi connectivity index (χ2v) is 8.55. The first-order chi connectivity index (χ1) is 14.0. The van der Waals surface area contributed by atoms with Gasteiger partial charge in [-0.15, -0.1) is 11.3 Å². The first-order valence-electron chi connectivity index (χ1n) is 8.54. The van der Waals surface area contributed by atoms with Crippen molar-refractivity contribution in [1.29, 1.82) is 0 Å². The van der Waals surface area contributed by atoms with E-state index in [9.17, 15) is 4.79 Å². The average molecular weight is 464 g/mol. The lowest BCUT2D eigenvalue weighted by Crippen LogP contribution is -2.10. The van der Waals surface area contributed by atoms with Crippen molar-refractivity contribution in [2.75, 3.05) is 5.32 Å². The van der Waals surface area contributed by atoms with Gasteiger partial charge in [-0.2, -0.15) is 0 Å². The van der Waals surface area contributed by atoms with Gasteiger partial charge < -0.3 is 4.42 Å². The van der Waals surface area contributed by atoms with Gasteiger partial charge in [0.25, 0.3) is 5.91 Å². The van der Waals surface area contributed by atoms with Crippen LogP contribution in [0.2, 0.25) is 15.1 Å². The first-order valence-corrected chi connectivity index (χ1v) is 10.5. The fraction of sp³-hybridized carbons (Fsp3) is 0.0476. The van der Waals surface area contributed by atoms with Gasteiger partial charge >= 0.3 is 0 Å². The fourth-order valence-electron chi connectivity index (χ4n) is 2.69. The van der Waals surface area contributed by atoms with E-state index in [1.165, 1.54) is 11.3 Å². The summed E-state index contributed by atoms with van der Waals surface area (Å²) in [6.07, 6.45) is 2.37. The van der Waals surface area contributed by atoms with Gasteiger partial charge in [0.1, 0.15) is 5.76 Å². The molecule has 4 aromatic rings. The van der Waals surface area contributed by atoms with Crippen molar-refractivity contribution in [3.63, 3.8) is 0 Å². The largest absolute Gasteiger partial charge is 0.451 e. The second-order valence-electron chi connectivity index (χ2n) is 6.18. The summed E-state index contributed by atoms with van der Waals surface area (Å²) in [5.41, 5.74) is 1.85. The molecule has 4 rings (SSSR count). The molecular formula is C21H13Cl3N2O2S. The minimum absolute atomic E-state index is 0.205. The Morgan fingerprint density at radius 3 is 2.55 bits per heavy atom. The third-order valence-electron chi connectivity index (χ3n) is 4.09. The predicted octanol–water partition coefficient (Wildman–Crippen LogP) is 7.21. The Kier molecular flexibility index (Phi) is 5.92. The van der Waals surface area contributed by atoms with E-state index < -0.39 is 0 Å². The number of carbonyl (C=O) groups excluding carboxylic acids is 1. The van der Waals surface area contributed by atoms with Crippen molar-refractivity contribution in [3.8, 4) is 11.3 Å². The topological polar surface area (TPSA) is 55.1 Å². The summed E-state index contributed by atoms with van der Waals surface area (Å²) < 4.78 is 5.66. The summed E-state index contributed by atoms with van der Waals surface area (Å²) in [6.45, 7) is 0. The smallest absolute Gasteiger partial charge is 0.293 e. The van der Waals surface area contributed by atoms with Crippen molar-refractivity contribution >= 4 is 57.2 Å². The highest BCUT2D eigenvalue weighted by Crippen LogP contribution is 2.27. The fourth-order valence-corrected chi connectivity index (χ4v) is 3.97. The lowest BCUT2D eigenvalue weighted by Gasteiger charge is -2.01. The van der Waals surface area contributed by atoms with Gasteiger partial charge in [-0.25, -0.2) is 4.98 Å². The molecule has 1 N–H and O–H groups in total. The van der Waals surface area contributed by atoms with Gasteiger partial charge in [0.05, 0.1) is 10.0 Å². The molecule has 0 radical (unpaired) electrons. The minimum Gasteiger partial charge on any atom is -0.451 e. The zero-order chi connectivity index (χ0) is 20.4. The minimum atomic E-state index is -0.361. The monoisotopic (exact) mass is 462 g/mol. The molecule has 0 saturated carbocycles. The van der Waals surface area contributed by atoms with E-state index in [1.54, 1.807) is 36.5 Å². The van der Waals surface area contributed by atoms with Gasteiger partial charge in [0.15, 0.2) is 10.9 Å². The number of furan rings is 1. The Bertz CT molecular complexity index is 1170. The van der Waals surface area contributed by atoms with E-state index in [0.717, 1.165) is 16.0 Å². The zero-order valence-electron chi connectivity index (χ0n) is 14.8. The lowest BCUT2D eigenvalue weighted by atomic mass is 10.1. The Morgan fingerprint density at radius 1 is 1.00 bits per heavy atom. The van der Waals surface area contributed by atoms with Crippen LogP contribution < -0.4 is 5.32 Å². The van der Waals surface area contributed by atoms with Crippen LogP contribution in [0, 0.1) is 0 Å². The van der Waals surface area contributed by atoms with E-state index in [-0.39, 0.29) is 11.7 Å². The second kappa shape index (κ2) is 8.59. The number of rotatable bonds is 5. The normalized spacial score (nSPS) is 10.9. The van der Waals surface area contributed by atoms with Crippen LogP contribution in [0.15, 0.2) is 65.2 Å². The molecule has 0 atom stereocenters. The summed E-state index contributed by atoms with van der Waals surface area (Å²) in [5.74, 6) is 0.433. The van der Waals surface area contributed by atoms with Gasteiger partial charge in [-0.1, -0.05) is 40.9 Å². The van der Waals surface area contributed by atoms with Crippen LogP contribution >= 0.6 is 46.1 Å². The van der Waals surface area contributed by atoms with Crippen LogP contribution in [0.3, 0.4) is 0 Å². The molecular weight excluding hydrogens is 451 g/mol. The predicted molar refractivity (Wildman–Crippen MR) is 118 cm³/mol. The Labute approximate surface area is 186 Å². The summed E-state index contributed by atoms with van der Waals surface area (Å²) in [4.78, 5) is 17.7.